The zero-order chi connectivity index (χ0) is 15.2. The van der Waals surface area contributed by atoms with E-state index < -0.39 is 12.0 Å². The van der Waals surface area contributed by atoms with Crippen molar-refractivity contribution in [3.05, 3.63) is 35.9 Å². The van der Waals surface area contributed by atoms with Crippen LogP contribution in [0.2, 0.25) is 0 Å². The summed E-state index contributed by atoms with van der Waals surface area (Å²) in [5.41, 5.74) is 0.501. The zero-order valence-corrected chi connectivity index (χ0v) is 11.9. The molecule has 2 amide bonds. The van der Waals surface area contributed by atoms with Crippen LogP contribution in [0.4, 0.5) is 0 Å². The van der Waals surface area contributed by atoms with E-state index in [-0.39, 0.29) is 24.8 Å². The Balaban J connectivity index is 2.16. The maximum Gasteiger partial charge on any atom is 0.308 e. The third-order valence-electron chi connectivity index (χ3n) is 3.28. The topological polar surface area (TPSA) is 75.7 Å². The highest BCUT2D eigenvalue weighted by Gasteiger charge is 2.35. The molecule has 0 radical (unpaired) electrons. The summed E-state index contributed by atoms with van der Waals surface area (Å²) in [6.45, 7) is 2.71. The molecule has 0 aliphatic carbocycles. The highest BCUT2D eigenvalue weighted by molar-refractivity contribution is 5.99. The summed E-state index contributed by atoms with van der Waals surface area (Å²) >= 11 is 0. The van der Waals surface area contributed by atoms with E-state index in [1.54, 1.807) is 31.2 Å². The van der Waals surface area contributed by atoms with Gasteiger partial charge in [-0.3, -0.25) is 14.4 Å². The second-order valence-electron chi connectivity index (χ2n) is 4.68. The fraction of sp³-hybridized carbons (Fsp3) is 0.400. The minimum absolute atomic E-state index is 0.127. The zero-order valence-electron chi connectivity index (χ0n) is 11.9. The summed E-state index contributed by atoms with van der Waals surface area (Å²) in [6, 6.07) is 7.91. The van der Waals surface area contributed by atoms with Crippen molar-refractivity contribution >= 4 is 17.8 Å². The lowest BCUT2D eigenvalue weighted by atomic mass is 10.1. The molecule has 1 aromatic rings. The molecule has 1 aliphatic rings. The summed E-state index contributed by atoms with van der Waals surface area (Å²) in [4.78, 5) is 37.5. The fourth-order valence-corrected chi connectivity index (χ4v) is 2.29. The van der Waals surface area contributed by atoms with Crippen LogP contribution < -0.4 is 5.32 Å². The van der Waals surface area contributed by atoms with Crippen LogP contribution in [0.1, 0.15) is 23.7 Å². The van der Waals surface area contributed by atoms with Crippen LogP contribution in [0, 0.1) is 0 Å². The Labute approximate surface area is 123 Å². The molecule has 1 unspecified atom stereocenters. The average molecular weight is 290 g/mol. The Hall–Kier alpha value is -2.37. The van der Waals surface area contributed by atoms with Crippen molar-refractivity contribution in [1.29, 1.82) is 0 Å². The predicted octanol–water partition coefficient (Wildman–Crippen LogP) is 0.580. The highest BCUT2D eigenvalue weighted by Crippen LogP contribution is 2.14. The number of carbonyl (C=O) groups is 3. The highest BCUT2D eigenvalue weighted by atomic mass is 16.5. The molecule has 6 nitrogen and oxygen atoms in total. The van der Waals surface area contributed by atoms with Crippen LogP contribution in [0.25, 0.3) is 0 Å². The SMILES string of the molecule is CCOC(=O)CC1C(=O)NCCN1C(=O)c1ccccc1. The van der Waals surface area contributed by atoms with Gasteiger partial charge < -0.3 is 15.0 Å². The first-order valence-corrected chi connectivity index (χ1v) is 6.93. The third-order valence-corrected chi connectivity index (χ3v) is 3.28. The summed E-state index contributed by atoms with van der Waals surface area (Å²) in [6.07, 6.45) is -0.127. The normalized spacial score (nSPS) is 18.0. The Morgan fingerprint density at radius 3 is 2.71 bits per heavy atom. The van der Waals surface area contributed by atoms with E-state index in [0.29, 0.717) is 18.7 Å². The Kier molecular flexibility index (Phi) is 4.92. The first-order valence-electron chi connectivity index (χ1n) is 6.93. The number of nitrogens with zero attached hydrogens (tertiary/aromatic N) is 1. The molecule has 112 valence electrons. The number of nitrogens with one attached hydrogen (secondary N) is 1. The number of ether oxygens (including phenoxy) is 1. The van der Waals surface area contributed by atoms with Crippen molar-refractivity contribution in [3.8, 4) is 0 Å². The van der Waals surface area contributed by atoms with E-state index in [2.05, 4.69) is 5.32 Å². The standard InChI is InChI=1S/C15H18N2O4/c1-2-21-13(18)10-12-14(19)16-8-9-17(12)15(20)11-6-4-3-5-7-11/h3-7,12H,2,8-10H2,1H3,(H,16,19). The van der Waals surface area contributed by atoms with Gasteiger partial charge in [0.1, 0.15) is 6.04 Å². The van der Waals surface area contributed by atoms with E-state index >= 15 is 0 Å². The second kappa shape index (κ2) is 6.88. The first kappa shape index (κ1) is 15.0. The van der Waals surface area contributed by atoms with Gasteiger partial charge in [0, 0.05) is 18.7 Å². The van der Waals surface area contributed by atoms with E-state index in [0.717, 1.165) is 0 Å². The summed E-state index contributed by atoms with van der Waals surface area (Å²) in [5.74, 6) is -1.05. The summed E-state index contributed by atoms with van der Waals surface area (Å²) < 4.78 is 4.87. The maximum absolute atomic E-state index is 12.5. The van der Waals surface area contributed by atoms with Gasteiger partial charge in [0.05, 0.1) is 13.0 Å². The molecule has 1 atom stereocenters. The van der Waals surface area contributed by atoms with Crippen molar-refractivity contribution in [2.75, 3.05) is 19.7 Å². The Bertz CT molecular complexity index is 530. The van der Waals surface area contributed by atoms with Crippen molar-refractivity contribution in [2.45, 2.75) is 19.4 Å². The molecular formula is C15H18N2O4. The van der Waals surface area contributed by atoms with E-state index in [1.165, 1.54) is 4.90 Å². The number of rotatable bonds is 4. The van der Waals surface area contributed by atoms with Gasteiger partial charge in [-0.15, -0.1) is 0 Å². The smallest absolute Gasteiger partial charge is 0.308 e. The number of hydrogen-bond acceptors (Lipinski definition) is 4. The number of piperazine rings is 1. The lowest BCUT2D eigenvalue weighted by molar-refractivity contribution is -0.147. The molecule has 21 heavy (non-hydrogen) atoms. The molecule has 0 aromatic heterocycles. The number of hydrogen-bond donors (Lipinski definition) is 1. The Morgan fingerprint density at radius 2 is 2.05 bits per heavy atom. The minimum Gasteiger partial charge on any atom is -0.466 e. The average Bonchev–Trinajstić information content (AvgIpc) is 2.50. The lowest BCUT2D eigenvalue weighted by Gasteiger charge is -2.34. The van der Waals surface area contributed by atoms with Crippen molar-refractivity contribution in [1.82, 2.24) is 10.2 Å². The molecule has 0 saturated carbocycles. The van der Waals surface area contributed by atoms with E-state index in [4.69, 9.17) is 4.74 Å². The number of amides is 2. The van der Waals surface area contributed by atoms with Gasteiger partial charge in [-0.25, -0.2) is 0 Å². The summed E-state index contributed by atoms with van der Waals surface area (Å²) in [5, 5.41) is 2.68. The molecule has 0 bridgehead atoms. The van der Waals surface area contributed by atoms with Gasteiger partial charge in [-0.1, -0.05) is 18.2 Å². The van der Waals surface area contributed by atoms with Crippen LogP contribution in [-0.4, -0.2) is 48.4 Å². The quantitative estimate of drug-likeness (QED) is 0.823. The van der Waals surface area contributed by atoms with Crippen molar-refractivity contribution in [2.24, 2.45) is 0 Å². The molecule has 1 heterocycles. The molecular weight excluding hydrogens is 272 g/mol. The molecule has 1 aromatic carbocycles. The monoisotopic (exact) mass is 290 g/mol. The molecule has 1 N–H and O–H groups in total. The molecule has 1 fully saturated rings. The van der Waals surface area contributed by atoms with Gasteiger partial charge in [0.25, 0.3) is 5.91 Å². The van der Waals surface area contributed by atoms with Crippen LogP contribution >= 0.6 is 0 Å². The first-order chi connectivity index (χ1) is 10.1. The van der Waals surface area contributed by atoms with Crippen molar-refractivity contribution < 1.29 is 19.1 Å². The van der Waals surface area contributed by atoms with Gasteiger partial charge in [0.2, 0.25) is 5.91 Å². The number of esters is 1. The molecule has 1 saturated heterocycles. The number of benzene rings is 1. The van der Waals surface area contributed by atoms with E-state index in [9.17, 15) is 14.4 Å². The minimum atomic E-state index is -0.814. The lowest BCUT2D eigenvalue weighted by Crippen LogP contribution is -2.57. The van der Waals surface area contributed by atoms with E-state index in [1.807, 2.05) is 6.07 Å². The molecule has 1 aliphatic heterocycles. The van der Waals surface area contributed by atoms with Crippen LogP contribution in [0.3, 0.4) is 0 Å². The van der Waals surface area contributed by atoms with Crippen LogP contribution in [0.15, 0.2) is 30.3 Å². The van der Waals surface area contributed by atoms with Crippen LogP contribution in [-0.2, 0) is 14.3 Å². The van der Waals surface area contributed by atoms with Crippen LogP contribution in [0.5, 0.6) is 0 Å². The second-order valence-corrected chi connectivity index (χ2v) is 4.68. The largest absolute Gasteiger partial charge is 0.466 e. The fourth-order valence-electron chi connectivity index (χ4n) is 2.29. The third kappa shape index (κ3) is 3.59. The maximum atomic E-state index is 12.5. The molecule has 2 rings (SSSR count). The van der Waals surface area contributed by atoms with Gasteiger partial charge in [-0.2, -0.15) is 0 Å². The van der Waals surface area contributed by atoms with Gasteiger partial charge in [-0.05, 0) is 19.1 Å². The predicted molar refractivity (Wildman–Crippen MR) is 75.5 cm³/mol. The van der Waals surface area contributed by atoms with Gasteiger partial charge in [0.15, 0.2) is 0 Å². The summed E-state index contributed by atoms with van der Waals surface area (Å²) in [7, 11) is 0. The number of carbonyl (C=O) groups excluding carboxylic acids is 3. The molecule has 0 spiro atoms. The van der Waals surface area contributed by atoms with Gasteiger partial charge >= 0.3 is 5.97 Å². The Morgan fingerprint density at radius 1 is 1.33 bits per heavy atom. The molecule has 6 heteroatoms. The van der Waals surface area contributed by atoms with Crippen molar-refractivity contribution in [3.63, 3.8) is 0 Å².